The third-order valence-corrected chi connectivity index (χ3v) is 8.14. The van der Waals surface area contributed by atoms with Gasteiger partial charge in [0.05, 0.1) is 41.5 Å². The van der Waals surface area contributed by atoms with Crippen molar-refractivity contribution in [3.05, 3.63) is 28.8 Å². The summed E-state index contributed by atoms with van der Waals surface area (Å²) in [6, 6.07) is 3.71. The molecule has 3 aliphatic heterocycles. The Labute approximate surface area is 211 Å². The fraction of sp³-hybridized carbons (Fsp3) is 0.654. The number of likely N-dealkylation sites (tertiary alicyclic amines) is 1. The Bertz CT molecular complexity index is 1010. The van der Waals surface area contributed by atoms with E-state index in [0.717, 1.165) is 5.56 Å². The number of hydrogen-bond donors (Lipinski definition) is 2. The summed E-state index contributed by atoms with van der Waals surface area (Å²) in [7, 11) is 0. The molecule has 8 nitrogen and oxygen atoms in total. The molecule has 3 saturated heterocycles. The van der Waals surface area contributed by atoms with Gasteiger partial charge in [0.15, 0.2) is 0 Å². The van der Waals surface area contributed by atoms with Gasteiger partial charge in [-0.25, -0.2) is 0 Å². The molecule has 3 fully saturated rings. The molecule has 3 heterocycles. The molecular formula is C26H35ClN2O6. The highest BCUT2D eigenvalue weighted by Crippen LogP contribution is 2.63. The standard InChI is InChI=1S/C26H35ClN2O6/c1-6-34-24(33)19-18-23(32)29(16(13-30)12-14(2)3)21(26(18)11-10-25(19,5)35-26)22(31)28-20-15(4)8-7-9-17(20)27/h7-9,14,16,18-19,21,30H,6,10-13H2,1-5H3,(H,28,31)/t16-,18+,19-,21?,25+,26?/m1/s1. The van der Waals surface area contributed by atoms with Crippen molar-refractivity contribution in [1.82, 2.24) is 4.90 Å². The zero-order valence-corrected chi connectivity index (χ0v) is 21.7. The number of aliphatic hydroxyl groups excluding tert-OH is 1. The maximum atomic E-state index is 14.0. The van der Waals surface area contributed by atoms with E-state index >= 15 is 0 Å². The molecular weight excluding hydrogens is 472 g/mol. The summed E-state index contributed by atoms with van der Waals surface area (Å²) in [5, 5.41) is 13.6. The number of carbonyl (C=O) groups is 3. The molecule has 192 valence electrons. The SMILES string of the molecule is CCOC(=O)[C@H]1[C@H]2C(=O)N([C@@H](CO)CC(C)C)C(C(=O)Nc3c(C)cccc3Cl)C23CC[C@]1(C)O3. The molecule has 0 aliphatic carbocycles. The summed E-state index contributed by atoms with van der Waals surface area (Å²) in [5.41, 5.74) is -0.835. The van der Waals surface area contributed by atoms with Gasteiger partial charge in [-0.15, -0.1) is 0 Å². The molecule has 0 radical (unpaired) electrons. The Morgan fingerprint density at radius 2 is 2.06 bits per heavy atom. The van der Waals surface area contributed by atoms with Crippen molar-refractivity contribution in [2.24, 2.45) is 17.8 Å². The number of aryl methyl sites for hydroxylation is 1. The van der Waals surface area contributed by atoms with Crippen LogP contribution in [0.15, 0.2) is 18.2 Å². The number of aliphatic hydroxyl groups is 1. The summed E-state index contributed by atoms with van der Waals surface area (Å²) >= 11 is 6.39. The van der Waals surface area contributed by atoms with E-state index in [-0.39, 0.29) is 25.0 Å². The van der Waals surface area contributed by atoms with Crippen LogP contribution in [0.3, 0.4) is 0 Å². The second-order valence-electron chi connectivity index (χ2n) is 10.6. The molecule has 0 saturated carbocycles. The molecule has 9 heteroatoms. The number of amides is 2. The Morgan fingerprint density at radius 1 is 1.34 bits per heavy atom. The van der Waals surface area contributed by atoms with Crippen LogP contribution in [0.5, 0.6) is 0 Å². The van der Waals surface area contributed by atoms with E-state index in [9.17, 15) is 19.5 Å². The third kappa shape index (κ3) is 4.03. The van der Waals surface area contributed by atoms with Gasteiger partial charge in [-0.1, -0.05) is 37.6 Å². The van der Waals surface area contributed by atoms with Crippen molar-refractivity contribution in [2.75, 3.05) is 18.5 Å². The average molecular weight is 507 g/mol. The number of hydrogen-bond acceptors (Lipinski definition) is 6. The predicted molar refractivity (Wildman–Crippen MR) is 131 cm³/mol. The van der Waals surface area contributed by atoms with Crippen molar-refractivity contribution >= 4 is 35.1 Å². The van der Waals surface area contributed by atoms with Gasteiger partial charge in [-0.05, 0) is 57.6 Å². The van der Waals surface area contributed by atoms with E-state index in [1.54, 1.807) is 19.1 Å². The maximum absolute atomic E-state index is 14.0. The van der Waals surface area contributed by atoms with Gasteiger partial charge in [-0.3, -0.25) is 14.4 Å². The number of nitrogens with zero attached hydrogens (tertiary/aromatic N) is 1. The van der Waals surface area contributed by atoms with Crippen LogP contribution in [0.4, 0.5) is 5.69 Å². The number of ether oxygens (including phenoxy) is 2. The zero-order chi connectivity index (χ0) is 25.7. The Morgan fingerprint density at radius 3 is 2.66 bits per heavy atom. The van der Waals surface area contributed by atoms with Gasteiger partial charge in [0.2, 0.25) is 11.8 Å². The number of para-hydroxylation sites is 1. The second kappa shape index (κ2) is 9.37. The highest BCUT2D eigenvalue weighted by Gasteiger charge is 2.78. The van der Waals surface area contributed by atoms with Crippen molar-refractivity contribution in [1.29, 1.82) is 0 Å². The molecule has 1 aromatic rings. The molecule has 6 atom stereocenters. The number of rotatable bonds is 8. The highest BCUT2D eigenvalue weighted by atomic mass is 35.5. The normalized spacial score (nSPS) is 32.2. The first kappa shape index (κ1) is 25.9. The second-order valence-corrected chi connectivity index (χ2v) is 11.0. The van der Waals surface area contributed by atoms with Gasteiger partial charge in [0, 0.05) is 0 Å². The summed E-state index contributed by atoms with van der Waals surface area (Å²) in [6.45, 7) is 9.26. The minimum absolute atomic E-state index is 0.169. The molecule has 4 rings (SSSR count). The maximum Gasteiger partial charge on any atom is 0.312 e. The Hall–Kier alpha value is -2.16. The van der Waals surface area contributed by atoms with Crippen LogP contribution in [0.2, 0.25) is 5.02 Å². The number of nitrogens with one attached hydrogen (secondary N) is 1. The van der Waals surface area contributed by atoms with E-state index in [0.29, 0.717) is 30.0 Å². The van der Waals surface area contributed by atoms with E-state index in [4.69, 9.17) is 21.1 Å². The van der Waals surface area contributed by atoms with E-state index < -0.39 is 47.0 Å². The lowest BCUT2D eigenvalue weighted by Gasteiger charge is -2.37. The van der Waals surface area contributed by atoms with Gasteiger partial charge in [-0.2, -0.15) is 0 Å². The molecule has 2 bridgehead atoms. The van der Waals surface area contributed by atoms with E-state index in [1.807, 2.05) is 33.8 Å². The highest BCUT2D eigenvalue weighted by molar-refractivity contribution is 6.34. The molecule has 0 aromatic heterocycles. The molecule has 2 N–H and O–H groups in total. The van der Waals surface area contributed by atoms with Crippen LogP contribution in [-0.4, -0.2) is 64.3 Å². The van der Waals surface area contributed by atoms with Crippen molar-refractivity contribution in [2.45, 2.75) is 77.2 Å². The first-order valence-corrected chi connectivity index (χ1v) is 12.7. The fourth-order valence-corrected chi connectivity index (χ4v) is 6.72. The molecule has 1 aromatic carbocycles. The van der Waals surface area contributed by atoms with Gasteiger partial charge < -0.3 is 24.8 Å². The number of esters is 1. The summed E-state index contributed by atoms with van der Waals surface area (Å²) in [4.78, 5) is 42.5. The van der Waals surface area contributed by atoms with Gasteiger partial charge in [0.25, 0.3) is 0 Å². The monoisotopic (exact) mass is 506 g/mol. The number of benzene rings is 1. The summed E-state index contributed by atoms with van der Waals surface area (Å²) in [6.07, 6.45) is 1.48. The first-order chi connectivity index (χ1) is 16.5. The zero-order valence-electron chi connectivity index (χ0n) is 21.0. The third-order valence-electron chi connectivity index (χ3n) is 7.82. The van der Waals surface area contributed by atoms with Crippen molar-refractivity contribution in [3.8, 4) is 0 Å². The van der Waals surface area contributed by atoms with Crippen LogP contribution in [0.1, 0.15) is 52.5 Å². The molecule has 1 spiro atoms. The van der Waals surface area contributed by atoms with Crippen LogP contribution in [-0.2, 0) is 23.9 Å². The Kier molecular flexibility index (Phi) is 6.94. The molecule has 35 heavy (non-hydrogen) atoms. The molecule has 2 unspecified atom stereocenters. The topological polar surface area (TPSA) is 105 Å². The lowest BCUT2D eigenvalue weighted by Crippen LogP contribution is -2.56. The largest absolute Gasteiger partial charge is 0.466 e. The minimum atomic E-state index is -1.19. The fourth-order valence-electron chi connectivity index (χ4n) is 6.45. The Balaban J connectivity index is 1.80. The van der Waals surface area contributed by atoms with Gasteiger partial charge >= 0.3 is 5.97 Å². The number of fused-ring (bicyclic) bond motifs is 1. The number of anilines is 1. The quantitative estimate of drug-likeness (QED) is 0.524. The van der Waals surface area contributed by atoms with Crippen molar-refractivity contribution in [3.63, 3.8) is 0 Å². The van der Waals surface area contributed by atoms with Crippen LogP contribution >= 0.6 is 11.6 Å². The molecule has 3 aliphatic rings. The smallest absolute Gasteiger partial charge is 0.312 e. The number of carbonyl (C=O) groups excluding carboxylic acids is 3. The van der Waals surface area contributed by atoms with Crippen LogP contribution in [0, 0.1) is 24.7 Å². The number of halogens is 1. The average Bonchev–Trinajstić information content (AvgIpc) is 3.35. The predicted octanol–water partition coefficient (Wildman–Crippen LogP) is 3.32. The van der Waals surface area contributed by atoms with Crippen LogP contribution < -0.4 is 5.32 Å². The summed E-state index contributed by atoms with van der Waals surface area (Å²) in [5.74, 6) is -2.77. The van der Waals surface area contributed by atoms with E-state index in [1.165, 1.54) is 4.90 Å². The summed E-state index contributed by atoms with van der Waals surface area (Å²) < 4.78 is 11.9. The van der Waals surface area contributed by atoms with Crippen LogP contribution in [0.25, 0.3) is 0 Å². The molecule has 2 amide bonds. The lowest BCUT2D eigenvalue weighted by atomic mass is 9.66. The lowest BCUT2D eigenvalue weighted by molar-refractivity contribution is -0.160. The van der Waals surface area contributed by atoms with Crippen molar-refractivity contribution < 1.29 is 29.0 Å². The minimum Gasteiger partial charge on any atom is -0.466 e. The first-order valence-electron chi connectivity index (χ1n) is 12.4. The van der Waals surface area contributed by atoms with Gasteiger partial charge in [0.1, 0.15) is 17.6 Å². The van der Waals surface area contributed by atoms with E-state index in [2.05, 4.69) is 5.32 Å².